The first kappa shape index (κ1) is 20.6. The van der Waals surface area contributed by atoms with Crippen LogP contribution < -0.4 is 11.5 Å². The van der Waals surface area contributed by atoms with E-state index >= 15 is 0 Å². The molecule has 10 heteroatoms. The molecule has 0 aliphatic carbocycles. The van der Waals surface area contributed by atoms with E-state index in [9.17, 15) is 26.3 Å². The Morgan fingerprint density at radius 3 is 1.19 bits per heavy atom. The molecule has 2 rings (SSSR count). The third kappa shape index (κ3) is 5.31. The minimum absolute atomic E-state index is 0.0541. The van der Waals surface area contributed by atoms with E-state index in [2.05, 4.69) is 0 Å². The third-order valence-corrected chi connectivity index (χ3v) is 2.98. The topological polar surface area (TPSA) is 99.6 Å². The molecular weight excluding hydrogens is 362 g/mol. The number of nitriles is 2. The van der Waals surface area contributed by atoms with Gasteiger partial charge in [-0.25, -0.2) is 0 Å². The summed E-state index contributed by atoms with van der Waals surface area (Å²) in [6.45, 7) is 0. The molecule has 0 aliphatic heterocycles. The molecule has 4 nitrogen and oxygen atoms in total. The molecule has 0 aromatic heterocycles. The average molecular weight is 372 g/mol. The van der Waals surface area contributed by atoms with Crippen LogP contribution >= 0.6 is 0 Å². The number of halogens is 6. The molecule has 0 saturated heterocycles. The molecule has 0 atom stereocenters. The van der Waals surface area contributed by atoms with Gasteiger partial charge in [0.05, 0.1) is 34.4 Å². The first-order chi connectivity index (χ1) is 11.9. The molecule has 0 aliphatic rings. The molecule has 0 bridgehead atoms. The fraction of sp³-hybridized carbons (Fsp3) is 0.125. The molecular formula is C16H10F6N4. The zero-order valence-corrected chi connectivity index (χ0v) is 12.8. The van der Waals surface area contributed by atoms with Gasteiger partial charge in [-0.05, 0) is 36.4 Å². The van der Waals surface area contributed by atoms with Crippen LogP contribution in [0, 0.1) is 22.7 Å². The van der Waals surface area contributed by atoms with Crippen molar-refractivity contribution in [1.82, 2.24) is 0 Å². The van der Waals surface area contributed by atoms with Crippen molar-refractivity contribution in [2.75, 3.05) is 11.5 Å². The summed E-state index contributed by atoms with van der Waals surface area (Å²) in [5.41, 5.74) is 7.42. The summed E-state index contributed by atoms with van der Waals surface area (Å²) in [5, 5.41) is 16.7. The van der Waals surface area contributed by atoms with Crippen LogP contribution in [0.25, 0.3) is 0 Å². The number of alkyl halides is 6. The lowest BCUT2D eigenvalue weighted by molar-refractivity contribution is -0.137. The first-order valence-electron chi connectivity index (χ1n) is 6.63. The van der Waals surface area contributed by atoms with Gasteiger partial charge < -0.3 is 11.5 Å². The molecule has 0 fully saturated rings. The second-order valence-electron chi connectivity index (χ2n) is 4.82. The Bertz CT molecular complexity index is 799. The Morgan fingerprint density at radius 2 is 0.962 bits per heavy atom. The van der Waals surface area contributed by atoms with E-state index in [1.165, 1.54) is 12.1 Å². The van der Waals surface area contributed by atoms with Gasteiger partial charge >= 0.3 is 12.4 Å². The number of nitrogens with zero attached hydrogens (tertiary/aromatic N) is 2. The maximum Gasteiger partial charge on any atom is 0.418 e. The summed E-state index contributed by atoms with van der Waals surface area (Å²) in [7, 11) is 0. The van der Waals surface area contributed by atoms with Crippen LogP contribution in [-0.4, -0.2) is 0 Å². The van der Waals surface area contributed by atoms with Gasteiger partial charge in [0.1, 0.15) is 0 Å². The predicted octanol–water partition coefficient (Wildman–Crippen LogP) is 4.32. The van der Waals surface area contributed by atoms with E-state index in [4.69, 9.17) is 22.0 Å². The summed E-state index contributed by atoms with van der Waals surface area (Å²) in [6.07, 6.45) is -9.01. The quantitative estimate of drug-likeness (QED) is 0.531. The fourth-order valence-electron chi connectivity index (χ4n) is 1.74. The van der Waals surface area contributed by atoms with E-state index in [1.807, 2.05) is 0 Å². The Hall–Kier alpha value is -3.40. The SMILES string of the molecule is N#Cc1ccc(N)c(C(F)(F)F)c1.N#Cc1ccc(N)c(C(F)(F)F)c1. The van der Waals surface area contributed by atoms with Gasteiger partial charge in [-0.15, -0.1) is 0 Å². The summed E-state index contributed by atoms with van der Waals surface area (Å²) < 4.78 is 73.1. The van der Waals surface area contributed by atoms with E-state index in [0.717, 1.165) is 24.3 Å². The molecule has 26 heavy (non-hydrogen) atoms. The van der Waals surface area contributed by atoms with Crippen LogP contribution in [0.4, 0.5) is 37.7 Å². The maximum atomic E-state index is 12.2. The van der Waals surface area contributed by atoms with Gasteiger partial charge in [-0.3, -0.25) is 0 Å². The van der Waals surface area contributed by atoms with Gasteiger partial charge in [0.25, 0.3) is 0 Å². The van der Waals surface area contributed by atoms with Gasteiger partial charge in [0.2, 0.25) is 0 Å². The summed E-state index contributed by atoms with van der Waals surface area (Å²) in [4.78, 5) is 0. The van der Waals surface area contributed by atoms with Crippen molar-refractivity contribution in [2.24, 2.45) is 0 Å². The number of nitrogen functional groups attached to an aromatic ring is 2. The molecule has 0 heterocycles. The van der Waals surface area contributed by atoms with E-state index in [1.54, 1.807) is 12.1 Å². The monoisotopic (exact) mass is 372 g/mol. The third-order valence-electron chi connectivity index (χ3n) is 2.98. The highest BCUT2D eigenvalue weighted by Gasteiger charge is 2.33. The summed E-state index contributed by atoms with van der Waals surface area (Å²) in [6, 6.07) is 9.31. The Kier molecular flexibility index (Phi) is 6.08. The highest BCUT2D eigenvalue weighted by molar-refractivity contribution is 5.53. The number of hydrogen-bond acceptors (Lipinski definition) is 4. The predicted molar refractivity (Wildman–Crippen MR) is 81.1 cm³/mol. The lowest BCUT2D eigenvalue weighted by Crippen LogP contribution is -2.09. The van der Waals surface area contributed by atoms with Crippen LogP contribution in [-0.2, 0) is 12.4 Å². The van der Waals surface area contributed by atoms with E-state index in [0.29, 0.717) is 0 Å². The van der Waals surface area contributed by atoms with Gasteiger partial charge in [0.15, 0.2) is 0 Å². The largest absolute Gasteiger partial charge is 0.418 e. The van der Waals surface area contributed by atoms with E-state index < -0.39 is 23.5 Å². The molecule has 4 N–H and O–H groups in total. The molecule has 0 spiro atoms. The zero-order chi connectivity index (χ0) is 20.1. The maximum absolute atomic E-state index is 12.2. The van der Waals surface area contributed by atoms with Crippen molar-refractivity contribution < 1.29 is 26.3 Å². The Balaban J connectivity index is 0.000000260. The van der Waals surface area contributed by atoms with Crippen LogP contribution in [0.15, 0.2) is 36.4 Å². The van der Waals surface area contributed by atoms with Gasteiger partial charge in [-0.2, -0.15) is 36.9 Å². The van der Waals surface area contributed by atoms with Crippen molar-refractivity contribution in [2.45, 2.75) is 12.4 Å². The normalized spacial score (nSPS) is 10.9. The minimum Gasteiger partial charge on any atom is -0.398 e. The Labute approximate surface area is 143 Å². The molecule has 0 amide bonds. The molecule has 0 radical (unpaired) electrons. The second kappa shape index (κ2) is 7.66. The lowest BCUT2D eigenvalue weighted by Gasteiger charge is -2.09. The average Bonchev–Trinajstić information content (AvgIpc) is 2.54. The highest BCUT2D eigenvalue weighted by atomic mass is 19.4. The number of rotatable bonds is 0. The van der Waals surface area contributed by atoms with Crippen molar-refractivity contribution in [1.29, 1.82) is 10.5 Å². The molecule has 136 valence electrons. The number of nitrogens with two attached hydrogens (primary N) is 2. The van der Waals surface area contributed by atoms with Crippen LogP contribution in [0.1, 0.15) is 22.3 Å². The van der Waals surface area contributed by atoms with Crippen LogP contribution in [0.3, 0.4) is 0 Å². The minimum atomic E-state index is -4.50. The highest BCUT2D eigenvalue weighted by Crippen LogP contribution is 2.34. The van der Waals surface area contributed by atoms with Crippen molar-refractivity contribution in [3.63, 3.8) is 0 Å². The first-order valence-corrected chi connectivity index (χ1v) is 6.63. The molecule has 2 aromatic rings. The Morgan fingerprint density at radius 1 is 0.654 bits per heavy atom. The van der Waals surface area contributed by atoms with Crippen molar-refractivity contribution in [3.8, 4) is 12.1 Å². The van der Waals surface area contributed by atoms with Gasteiger partial charge in [0, 0.05) is 11.4 Å². The molecule has 0 unspecified atom stereocenters. The smallest absolute Gasteiger partial charge is 0.398 e. The molecule has 0 saturated carbocycles. The molecule has 2 aromatic carbocycles. The lowest BCUT2D eigenvalue weighted by atomic mass is 10.1. The summed E-state index contributed by atoms with van der Waals surface area (Å²) >= 11 is 0. The van der Waals surface area contributed by atoms with Crippen LogP contribution in [0.2, 0.25) is 0 Å². The number of hydrogen-bond donors (Lipinski definition) is 2. The fourth-order valence-corrected chi connectivity index (χ4v) is 1.74. The van der Waals surface area contributed by atoms with Crippen molar-refractivity contribution >= 4 is 11.4 Å². The van der Waals surface area contributed by atoms with E-state index in [-0.39, 0.29) is 22.5 Å². The number of anilines is 2. The number of benzene rings is 2. The summed E-state index contributed by atoms with van der Waals surface area (Å²) in [5.74, 6) is 0. The zero-order valence-electron chi connectivity index (χ0n) is 12.8. The van der Waals surface area contributed by atoms with Crippen molar-refractivity contribution in [3.05, 3.63) is 58.7 Å². The van der Waals surface area contributed by atoms with Crippen LogP contribution in [0.5, 0.6) is 0 Å². The second-order valence-corrected chi connectivity index (χ2v) is 4.82. The van der Waals surface area contributed by atoms with Gasteiger partial charge in [-0.1, -0.05) is 0 Å². The standard InChI is InChI=1S/2C8H5F3N2/c2*9-8(10,11)6-3-5(4-12)1-2-7(6)13/h2*1-3H,13H2.